The van der Waals surface area contributed by atoms with Gasteiger partial charge in [-0.1, -0.05) is 12.8 Å². The first kappa shape index (κ1) is 17.2. The van der Waals surface area contributed by atoms with Crippen molar-refractivity contribution < 1.29 is 13.5 Å². The van der Waals surface area contributed by atoms with Gasteiger partial charge >= 0.3 is 0 Å². The van der Waals surface area contributed by atoms with Crippen LogP contribution in [0.1, 0.15) is 25.7 Å². The lowest BCUT2D eigenvalue weighted by Crippen LogP contribution is -2.23. The Labute approximate surface area is 124 Å². The van der Waals surface area contributed by atoms with Crippen LogP contribution in [0.3, 0.4) is 0 Å². The number of hydrogen-bond acceptors (Lipinski definition) is 7. The number of aliphatic hydroxyl groups is 1. The van der Waals surface area contributed by atoms with Crippen molar-refractivity contribution in [2.24, 2.45) is 0 Å². The third kappa shape index (κ3) is 4.30. The Morgan fingerprint density at radius 2 is 1.95 bits per heavy atom. The lowest BCUT2D eigenvalue weighted by molar-refractivity contribution is 0.283. The first-order valence-electron chi connectivity index (χ1n) is 6.43. The Morgan fingerprint density at radius 3 is 2.55 bits per heavy atom. The molecule has 9 heteroatoms. The molecule has 0 saturated heterocycles. The summed E-state index contributed by atoms with van der Waals surface area (Å²) >= 11 is 1.06. The fourth-order valence-corrected chi connectivity index (χ4v) is 3.73. The highest BCUT2D eigenvalue weighted by Crippen LogP contribution is 2.32. The highest BCUT2D eigenvalue weighted by Gasteiger charge is 2.27. The number of aromatic nitrogens is 1. The molecule has 116 valence electrons. The topological polar surface area (TPSA) is 109 Å². The standard InChI is InChI=1S/C11H22N4O3S2/c1-15(2)20(17,18)9-10(12)14-19-11(9)13-7-5-3-4-6-8-16/h13,16H,3-8H2,1-2H3,(H2,12,14). The molecule has 1 heterocycles. The van der Waals surface area contributed by atoms with Crippen LogP contribution in [0.25, 0.3) is 0 Å². The zero-order valence-electron chi connectivity index (χ0n) is 11.8. The predicted octanol–water partition coefficient (Wildman–Crippen LogP) is 0.940. The molecule has 0 radical (unpaired) electrons. The number of anilines is 2. The highest BCUT2D eigenvalue weighted by atomic mass is 32.2. The summed E-state index contributed by atoms with van der Waals surface area (Å²) in [6, 6.07) is 0. The Morgan fingerprint density at radius 1 is 1.30 bits per heavy atom. The van der Waals surface area contributed by atoms with E-state index >= 15 is 0 Å². The molecule has 0 amide bonds. The molecule has 0 aromatic carbocycles. The van der Waals surface area contributed by atoms with Crippen LogP contribution in [0.5, 0.6) is 0 Å². The van der Waals surface area contributed by atoms with Crippen molar-refractivity contribution in [2.45, 2.75) is 30.6 Å². The molecule has 0 aliphatic heterocycles. The van der Waals surface area contributed by atoms with Crippen LogP contribution in [-0.4, -0.2) is 49.5 Å². The number of hydrogen-bond donors (Lipinski definition) is 3. The van der Waals surface area contributed by atoms with Gasteiger partial charge in [0.15, 0.2) is 10.7 Å². The highest BCUT2D eigenvalue weighted by molar-refractivity contribution is 7.89. The summed E-state index contributed by atoms with van der Waals surface area (Å²) in [6.45, 7) is 0.868. The van der Waals surface area contributed by atoms with Gasteiger partial charge in [-0.3, -0.25) is 0 Å². The molecule has 1 rings (SSSR count). The molecule has 1 aromatic heterocycles. The minimum absolute atomic E-state index is 0.0338. The number of aliphatic hydroxyl groups excluding tert-OH is 1. The van der Waals surface area contributed by atoms with Crippen LogP contribution < -0.4 is 11.1 Å². The van der Waals surface area contributed by atoms with Gasteiger partial charge in [0.2, 0.25) is 10.0 Å². The number of nitrogens with zero attached hydrogens (tertiary/aromatic N) is 2. The fourth-order valence-electron chi connectivity index (χ4n) is 1.63. The summed E-state index contributed by atoms with van der Waals surface area (Å²) in [4.78, 5) is 0.0582. The third-order valence-electron chi connectivity index (χ3n) is 2.78. The quantitative estimate of drug-likeness (QED) is 0.584. The van der Waals surface area contributed by atoms with Crippen molar-refractivity contribution >= 4 is 32.4 Å². The molecule has 0 fully saturated rings. The molecule has 0 saturated carbocycles. The Bertz CT molecular complexity index is 514. The van der Waals surface area contributed by atoms with Gasteiger partial charge in [0.05, 0.1) is 0 Å². The average molecular weight is 322 g/mol. The van der Waals surface area contributed by atoms with Crippen molar-refractivity contribution in [1.29, 1.82) is 0 Å². The van der Waals surface area contributed by atoms with E-state index in [1.807, 2.05) is 0 Å². The molecule has 20 heavy (non-hydrogen) atoms. The van der Waals surface area contributed by atoms with E-state index in [0.717, 1.165) is 41.5 Å². The number of unbranched alkanes of at least 4 members (excludes halogenated alkanes) is 3. The van der Waals surface area contributed by atoms with Gasteiger partial charge in [-0.2, -0.15) is 4.37 Å². The smallest absolute Gasteiger partial charge is 0.249 e. The second kappa shape index (κ2) is 7.77. The van der Waals surface area contributed by atoms with Gasteiger partial charge in [0.25, 0.3) is 0 Å². The third-order valence-corrected chi connectivity index (χ3v) is 5.62. The fraction of sp³-hybridized carbons (Fsp3) is 0.727. The Kier molecular flexibility index (Phi) is 6.66. The van der Waals surface area contributed by atoms with Crippen molar-refractivity contribution in [3.63, 3.8) is 0 Å². The maximum Gasteiger partial charge on any atom is 0.249 e. The first-order valence-corrected chi connectivity index (χ1v) is 8.65. The molecule has 0 aliphatic carbocycles. The Balaban J connectivity index is 2.64. The van der Waals surface area contributed by atoms with Crippen LogP contribution in [0, 0.1) is 0 Å². The second-order valence-corrected chi connectivity index (χ2v) is 7.44. The molecule has 0 atom stereocenters. The number of sulfonamides is 1. The summed E-state index contributed by atoms with van der Waals surface area (Å²) < 4.78 is 29.3. The van der Waals surface area contributed by atoms with E-state index < -0.39 is 10.0 Å². The van der Waals surface area contributed by atoms with Crippen LogP contribution >= 0.6 is 11.5 Å². The molecule has 0 unspecified atom stereocenters. The lowest BCUT2D eigenvalue weighted by atomic mass is 10.2. The van der Waals surface area contributed by atoms with E-state index in [1.165, 1.54) is 14.1 Å². The zero-order valence-corrected chi connectivity index (χ0v) is 13.4. The summed E-state index contributed by atoms with van der Waals surface area (Å²) in [5.74, 6) is 0.0338. The lowest BCUT2D eigenvalue weighted by Gasteiger charge is -2.12. The largest absolute Gasteiger partial charge is 0.396 e. The van der Waals surface area contributed by atoms with Gasteiger partial charge in [0, 0.05) is 27.2 Å². The van der Waals surface area contributed by atoms with Gasteiger partial charge in [-0.15, -0.1) is 0 Å². The summed E-state index contributed by atoms with van der Waals surface area (Å²) in [5, 5.41) is 12.2. The molecule has 1 aromatic rings. The molecule has 0 aliphatic rings. The van der Waals surface area contributed by atoms with Crippen molar-refractivity contribution in [3.05, 3.63) is 0 Å². The minimum atomic E-state index is -3.59. The first-order chi connectivity index (χ1) is 9.41. The number of nitrogen functional groups attached to an aromatic ring is 1. The summed E-state index contributed by atoms with van der Waals surface area (Å²) in [7, 11) is -0.659. The van der Waals surface area contributed by atoms with Crippen LogP contribution in [0.4, 0.5) is 10.8 Å². The molecular formula is C11H22N4O3S2. The van der Waals surface area contributed by atoms with Crippen LogP contribution in [0.2, 0.25) is 0 Å². The van der Waals surface area contributed by atoms with Gasteiger partial charge in [0.1, 0.15) is 5.00 Å². The zero-order chi connectivity index (χ0) is 15.2. The van der Waals surface area contributed by atoms with Gasteiger partial charge in [-0.25, -0.2) is 12.7 Å². The van der Waals surface area contributed by atoms with E-state index in [4.69, 9.17) is 10.8 Å². The van der Waals surface area contributed by atoms with E-state index in [1.54, 1.807) is 0 Å². The summed E-state index contributed by atoms with van der Waals surface area (Å²) in [6.07, 6.45) is 3.65. The van der Waals surface area contributed by atoms with E-state index in [9.17, 15) is 8.42 Å². The number of rotatable bonds is 9. The normalized spacial score (nSPS) is 12.0. The molecular weight excluding hydrogens is 300 g/mol. The number of nitrogens with one attached hydrogen (secondary N) is 1. The predicted molar refractivity (Wildman–Crippen MR) is 81.4 cm³/mol. The summed E-state index contributed by atoms with van der Waals surface area (Å²) in [5.41, 5.74) is 5.66. The van der Waals surface area contributed by atoms with E-state index in [2.05, 4.69) is 9.69 Å². The van der Waals surface area contributed by atoms with Gasteiger partial charge in [-0.05, 0) is 24.4 Å². The van der Waals surface area contributed by atoms with Gasteiger partial charge < -0.3 is 16.2 Å². The molecule has 0 bridgehead atoms. The molecule has 7 nitrogen and oxygen atoms in total. The van der Waals surface area contributed by atoms with Crippen molar-refractivity contribution in [1.82, 2.24) is 8.68 Å². The maximum absolute atomic E-state index is 12.2. The number of nitrogens with two attached hydrogens (primary N) is 1. The monoisotopic (exact) mass is 322 g/mol. The SMILES string of the molecule is CN(C)S(=O)(=O)c1c(N)nsc1NCCCCCCO. The Hall–Kier alpha value is -0.900. The average Bonchev–Trinajstić information content (AvgIpc) is 2.75. The molecule has 0 spiro atoms. The maximum atomic E-state index is 12.2. The van der Waals surface area contributed by atoms with Crippen LogP contribution in [-0.2, 0) is 10.0 Å². The van der Waals surface area contributed by atoms with Crippen molar-refractivity contribution in [3.8, 4) is 0 Å². The van der Waals surface area contributed by atoms with Crippen molar-refractivity contribution in [2.75, 3.05) is 38.3 Å². The minimum Gasteiger partial charge on any atom is -0.396 e. The van der Waals surface area contributed by atoms with E-state index in [0.29, 0.717) is 11.5 Å². The second-order valence-electron chi connectivity index (χ2n) is 4.58. The van der Waals surface area contributed by atoms with Crippen LogP contribution in [0.15, 0.2) is 4.90 Å². The van der Waals surface area contributed by atoms with E-state index in [-0.39, 0.29) is 17.3 Å². The molecule has 4 N–H and O–H groups in total.